The van der Waals surface area contributed by atoms with Crippen molar-refractivity contribution in [1.29, 1.82) is 0 Å². The summed E-state index contributed by atoms with van der Waals surface area (Å²) in [4.78, 5) is 44.3. The largest absolute Gasteiger partial charge is 0.347 e. The van der Waals surface area contributed by atoms with Gasteiger partial charge < -0.3 is 5.32 Å². The van der Waals surface area contributed by atoms with Crippen LogP contribution in [0.5, 0.6) is 0 Å². The van der Waals surface area contributed by atoms with Crippen LogP contribution in [0.2, 0.25) is 0 Å². The van der Waals surface area contributed by atoms with E-state index < -0.39 is 11.1 Å². The Morgan fingerprint density at radius 3 is 2.53 bits per heavy atom. The Morgan fingerprint density at radius 2 is 1.81 bits per heavy atom. The molecule has 32 heavy (non-hydrogen) atoms. The average molecular weight is 449 g/mol. The number of amides is 1. The molecule has 164 valence electrons. The second-order valence-corrected chi connectivity index (χ2v) is 8.52. The molecule has 0 aliphatic heterocycles. The number of hydrogen-bond acceptors (Lipinski definition) is 5. The van der Waals surface area contributed by atoms with E-state index in [2.05, 4.69) is 17.2 Å². The smallest absolute Gasteiger partial charge is 0.318 e. The maximum Gasteiger partial charge on any atom is 0.318 e. The van der Waals surface area contributed by atoms with E-state index in [-0.39, 0.29) is 25.0 Å². The molecule has 0 spiro atoms. The quantitative estimate of drug-likeness (QED) is 0.419. The first-order chi connectivity index (χ1) is 15.6. The topological polar surface area (TPSA) is 86.0 Å². The molecular formula is C24H24N4O3S. The molecule has 1 amide bonds. The van der Waals surface area contributed by atoms with Gasteiger partial charge in [0.1, 0.15) is 6.54 Å². The minimum atomic E-state index is -0.736. The maximum atomic E-state index is 13.0. The second-order valence-electron chi connectivity index (χ2n) is 7.54. The molecule has 1 unspecified atom stereocenters. The molecule has 0 radical (unpaired) electrons. The van der Waals surface area contributed by atoms with Crippen LogP contribution in [0.15, 0.2) is 75.8 Å². The molecule has 3 aromatic heterocycles. The minimum Gasteiger partial charge on any atom is -0.347 e. The normalized spacial score (nSPS) is 12.0. The van der Waals surface area contributed by atoms with Crippen LogP contribution in [-0.2, 0) is 17.9 Å². The molecule has 1 atom stereocenters. The zero-order chi connectivity index (χ0) is 22.5. The van der Waals surface area contributed by atoms with Crippen molar-refractivity contribution in [3.8, 4) is 0 Å². The molecule has 4 aromatic rings. The van der Waals surface area contributed by atoms with E-state index in [1.165, 1.54) is 9.13 Å². The van der Waals surface area contributed by atoms with Gasteiger partial charge in [0, 0.05) is 11.1 Å². The lowest BCUT2D eigenvalue weighted by molar-refractivity contribution is -0.122. The third-order valence-corrected chi connectivity index (χ3v) is 6.26. The van der Waals surface area contributed by atoms with Crippen molar-refractivity contribution in [3.63, 3.8) is 0 Å². The van der Waals surface area contributed by atoms with Crippen molar-refractivity contribution in [3.05, 3.63) is 97.3 Å². The molecule has 0 aliphatic carbocycles. The van der Waals surface area contributed by atoms with Crippen molar-refractivity contribution in [2.24, 2.45) is 0 Å². The van der Waals surface area contributed by atoms with E-state index in [0.29, 0.717) is 11.2 Å². The highest BCUT2D eigenvalue weighted by atomic mass is 32.1. The van der Waals surface area contributed by atoms with Crippen molar-refractivity contribution < 1.29 is 4.79 Å². The summed E-state index contributed by atoms with van der Waals surface area (Å²) in [7, 11) is 0. The highest BCUT2D eigenvalue weighted by molar-refractivity contribution is 7.10. The molecule has 0 aliphatic rings. The Hall–Kier alpha value is -3.52. The summed E-state index contributed by atoms with van der Waals surface area (Å²) in [6.07, 6.45) is 3.28. The maximum absolute atomic E-state index is 13.0. The van der Waals surface area contributed by atoms with Gasteiger partial charge in [-0.1, -0.05) is 49.7 Å². The third kappa shape index (κ3) is 4.55. The Labute approximate surface area is 189 Å². The fraction of sp³-hybridized carbons (Fsp3) is 0.250. The Kier molecular flexibility index (Phi) is 6.61. The van der Waals surface area contributed by atoms with E-state index in [4.69, 9.17) is 0 Å². The van der Waals surface area contributed by atoms with Crippen LogP contribution in [0, 0.1) is 0 Å². The number of thiophene rings is 1. The lowest BCUT2D eigenvalue weighted by Crippen LogP contribution is -2.44. The van der Waals surface area contributed by atoms with E-state index in [9.17, 15) is 14.4 Å². The van der Waals surface area contributed by atoms with Crippen LogP contribution in [0.1, 0.15) is 36.2 Å². The molecule has 1 aromatic carbocycles. The van der Waals surface area contributed by atoms with Crippen LogP contribution < -0.4 is 16.4 Å². The number of rotatable bonds is 8. The van der Waals surface area contributed by atoms with Crippen molar-refractivity contribution in [1.82, 2.24) is 19.4 Å². The monoisotopic (exact) mass is 448 g/mol. The second kappa shape index (κ2) is 9.74. The van der Waals surface area contributed by atoms with Gasteiger partial charge in [-0.2, -0.15) is 0 Å². The molecule has 3 heterocycles. The summed E-state index contributed by atoms with van der Waals surface area (Å²) in [6, 6.07) is 16.6. The van der Waals surface area contributed by atoms with Gasteiger partial charge in [-0.3, -0.25) is 23.5 Å². The minimum absolute atomic E-state index is 0.119. The SMILES string of the molecule is CCCC(NC(=O)Cn1c(=O)c(=O)n(Cc2ccccc2)c2ncccc21)c1cccs1. The first-order valence-electron chi connectivity index (χ1n) is 10.5. The Balaban J connectivity index is 1.68. The van der Waals surface area contributed by atoms with Gasteiger partial charge in [0.25, 0.3) is 0 Å². The highest BCUT2D eigenvalue weighted by Crippen LogP contribution is 2.23. The standard InChI is InChI=1S/C24H24N4O3S/c1-2-8-18(20-12-7-14-32-20)26-21(29)16-27-19-11-6-13-25-22(19)28(24(31)23(27)30)15-17-9-4-3-5-10-17/h3-7,9-14,18H,2,8,15-16H2,1H3,(H,26,29). The summed E-state index contributed by atoms with van der Waals surface area (Å²) in [5, 5.41) is 4.99. The van der Waals surface area contributed by atoms with Crippen molar-refractivity contribution >= 4 is 28.4 Å². The fourth-order valence-corrected chi connectivity index (χ4v) is 4.57. The number of nitrogens with zero attached hydrogens (tertiary/aromatic N) is 3. The van der Waals surface area contributed by atoms with Crippen LogP contribution in [0.4, 0.5) is 0 Å². The van der Waals surface area contributed by atoms with E-state index in [0.717, 1.165) is 23.3 Å². The van der Waals surface area contributed by atoms with Crippen LogP contribution >= 0.6 is 11.3 Å². The number of carbonyl (C=O) groups is 1. The number of pyridine rings is 1. The third-order valence-electron chi connectivity index (χ3n) is 5.27. The first-order valence-corrected chi connectivity index (χ1v) is 11.4. The molecule has 1 N–H and O–H groups in total. The zero-order valence-electron chi connectivity index (χ0n) is 17.7. The number of nitrogens with one attached hydrogen (secondary N) is 1. The number of fused-ring (bicyclic) bond motifs is 1. The molecule has 7 nitrogen and oxygen atoms in total. The molecule has 8 heteroatoms. The van der Waals surface area contributed by atoms with Gasteiger partial charge in [0.2, 0.25) is 5.91 Å². The summed E-state index contributed by atoms with van der Waals surface area (Å²) < 4.78 is 2.59. The van der Waals surface area contributed by atoms with Gasteiger partial charge in [-0.25, -0.2) is 4.98 Å². The first kappa shape index (κ1) is 21.7. The van der Waals surface area contributed by atoms with E-state index in [1.54, 1.807) is 29.7 Å². The van der Waals surface area contributed by atoms with Crippen molar-refractivity contribution in [2.75, 3.05) is 0 Å². The van der Waals surface area contributed by atoms with E-state index >= 15 is 0 Å². The Morgan fingerprint density at radius 1 is 1.03 bits per heavy atom. The van der Waals surface area contributed by atoms with Gasteiger partial charge in [0.15, 0.2) is 5.65 Å². The molecule has 0 bridgehead atoms. The molecule has 0 saturated carbocycles. The van der Waals surface area contributed by atoms with Gasteiger partial charge >= 0.3 is 11.1 Å². The predicted molar refractivity (Wildman–Crippen MR) is 126 cm³/mol. The molecular weight excluding hydrogens is 424 g/mol. The number of aromatic nitrogens is 3. The summed E-state index contributed by atoms with van der Waals surface area (Å²) in [6.45, 7) is 2.04. The number of hydrogen-bond donors (Lipinski definition) is 1. The summed E-state index contributed by atoms with van der Waals surface area (Å²) in [5.41, 5.74) is 0.272. The summed E-state index contributed by atoms with van der Waals surface area (Å²) in [5.74, 6) is -0.315. The fourth-order valence-electron chi connectivity index (χ4n) is 3.76. The lowest BCUT2D eigenvalue weighted by Gasteiger charge is -2.18. The van der Waals surface area contributed by atoms with Crippen molar-refractivity contribution in [2.45, 2.75) is 38.9 Å². The van der Waals surface area contributed by atoms with Gasteiger partial charge in [-0.05, 0) is 35.6 Å². The zero-order valence-corrected chi connectivity index (χ0v) is 18.5. The average Bonchev–Trinajstić information content (AvgIpc) is 3.35. The van der Waals surface area contributed by atoms with Gasteiger partial charge in [-0.15, -0.1) is 11.3 Å². The number of carbonyl (C=O) groups excluding carboxylic acids is 1. The molecule has 0 fully saturated rings. The van der Waals surface area contributed by atoms with Crippen LogP contribution in [-0.4, -0.2) is 20.0 Å². The van der Waals surface area contributed by atoms with E-state index in [1.807, 2.05) is 47.8 Å². The summed E-state index contributed by atoms with van der Waals surface area (Å²) >= 11 is 1.58. The lowest BCUT2D eigenvalue weighted by atomic mass is 10.1. The van der Waals surface area contributed by atoms with Gasteiger partial charge in [0.05, 0.1) is 18.1 Å². The molecule has 0 saturated heterocycles. The number of benzene rings is 1. The predicted octanol–water partition coefficient (Wildman–Crippen LogP) is 3.33. The van der Waals surface area contributed by atoms with Crippen LogP contribution in [0.3, 0.4) is 0 Å². The van der Waals surface area contributed by atoms with Crippen LogP contribution in [0.25, 0.3) is 11.2 Å². The molecule has 4 rings (SSSR count). The highest BCUT2D eigenvalue weighted by Gasteiger charge is 2.19. The Bertz CT molecular complexity index is 1330.